The van der Waals surface area contributed by atoms with Gasteiger partial charge in [-0.2, -0.15) is 9.78 Å². The van der Waals surface area contributed by atoms with Crippen LogP contribution in [0.15, 0.2) is 47.7 Å². The molecule has 0 aliphatic carbocycles. The highest BCUT2D eigenvalue weighted by atomic mass is 79.9. The van der Waals surface area contributed by atoms with Gasteiger partial charge in [0.25, 0.3) is 0 Å². The maximum Gasteiger partial charge on any atom is 0.166 e. The standard InChI is InChI=1S/C16H21BrO10/c17-16-14(12-20-8-10-24-26-22-6-4-18)2-1-3-15(16)13-21-9-11-25-27-23-7-5-19/h1-7,18-19H,8-13H2/b6-4+,7-5+. The number of aliphatic hydroxyl groups excluding tert-OH is 2. The van der Waals surface area contributed by atoms with Gasteiger partial charge < -0.3 is 29.5 Å². The van der Waals surface area contributed by atoms with Crippen molar-refractivity contribution in [2.45, 2.75) is 13.2 Å². The van der Waals surface area contributed by atoms with Crippen LogP contribution in [0.4, 0.5) is 0 Å². The fraction of sp³-hybridized carbons (Fsp3) is 0.375. The van der Waals surface area contributed by atoms with Crippen LogP contribution in [0.3, 0.4) is 0 Å². The third-order valence-electron chi connectivity index (χ3n) is 2.70. The highest BCUT2D eigenvalue weighted by molar-refractivity contribution is 9.10. The van der Waals surface area contributed by atoms with E-state index in [1.807, 2.05) is 18.2 Å². The van der Waals surface area contributed by atoms with Crippen LogP contribution in [-0.4, -0.2) is 36.6 Å². The summed E-state index contributed by atoms with van der Waals surface area (Å²) in [5.74, 6) is 0. The molecule has 27 heavy (non-hydrogen) atoms. The van der Waals surface area contributed by atoms with Crippen LogP contribution in [0.5, 0.6) is 0 Å². The molecule has 10 nitrogen and oxygen atoms in total. The van der Waals surface area contributed by atoms with Crippen molar-refractivity contribution in [3.05, 3.63) is 58.8 Å². The Morgan fingerprint density at radius 1 is 0.778 bits per heavy atom. The molecule has 1 aromatic rings. The summed E-state index contributed by atoms with van der Waals surface area (Å²) in [5, 5.41) is 25.1. The van der Waals surface area contributed by atoms with Gasteiger partial charge in [0.15, 0.2) is 12.5 Å². The predicted octanol–water partition coefficient (Wildman–Crippen LogP) is 3.30. The molecule has 152 valence electrons. The van der Waals surface area contributed by atoms with Gasteiger partial charge in [-0.1, -0.05) is 34.1 Å². The van der Waals surface area contributed by atoms with Crippen LogP contribution in [-0.2, 0) is 52.3 Å². The minimum Gasteiger partial charge on any atom is -0.512 e. The van der Waals surface area contributed by atoms with E-state index < -0.39 is 0 Å². The lowest BCUT2D eigenvalue weighted by atomic mass is 10.1. The average Bonchev–Trinajstić information content (AvgIpc) is 2.68. The van der Waals surface area contributed by atoms with Gasteiger partial charge in [0.05, 0.1) is 26.4 Å². The van der Waals surface area contributed by atoms with Crippen LogP contribution in [0.2, 0.25) is 0 Å². The van der Waals surface area contributed by atoms with Crippen LogP contribution < -0.4 is 0 Å². The van der Waals surface area contributed by atoms with Crippen molar-refractivity contribution in [1.29, 1.82) is 0 Å². The first-order valence-electron chi connectivity index (χ1n) is 7.69. The Morgan fingerprint density at radius 3 is 1.70 bits per heavy atom. The van der Waals surface area contributed by atoms with Crippen LogP contribution >= 0.6 is 15.9 Å². The molecule has 0 unspecified atom stereocenters. The minimum absolute atomic E-state index is 0.152. The quantitative estimate of drug-likeness (QED) is 0.167. The molecule has 1 rings (SSSR count). The van der Waals surface area contributed by atoms with E-state index in [1.165, 1.54) is 0 Å². The van der Waals surface area contributed by atoms with Gasteiger partial charge in [-0.3, -0.25) is 0 Å². The molecule has 11 heteroatoms. The van der Waals surface area contributed by atoms with Crippen molar-refractivity contribution in [3.63, 3.8) is 0 Å². The molecule has 0 radical (unpaired) electrons. The zero-order valence-corrected chi connectivity index (χ0v) is 15.9. The number of rotatable bonds is 16. The van der Waals surface area contributed by atoms with Crippen molar-refractivity contribution < 1.29 is 49.3 Å². The van der Waals surface area contributed by atoms with Crippen molar-refractivity contribution in [2.75, 3.05) is 26.4 Å². The molecule has 2 N–H and O–H groups in total. The average molecular weight is 453 g/mol. The molecule has 0 bridgehead atoms. The molecule has 0 heterocycles. The Bertz CT molecular complexity index is 508. The lowest BCUT2D eigenvalue weighted by Crippen LogP contribution is -2.07. The van der Waals surface area contributed by atoms with E-state index in [-0.39, 0.29) is 26.4 Å². The van der Waals surface area contributed by atoms with E-state index >= 15 is 0 Å². The second-order valence-corrected chi connectivity index (χ2v) is 5.33. The molecular weight excluding hydrogens is 432 g/mol. The monoisotopic (exact) mass is 452 g/mol. The molecule has 0 aromatic heterocycles. The highest BCUT2D eigenvalue weighted by Crippen LogP contribution is 2.23. The summed E-state index contributed by atoms with van der Waals surface area (Å²) in [6, 6.07) is 5.73. The molecule has 0 fully saturated rings. The fourth-order valence-corrected chi connectivity index (χ4v) is 2.12. The summed E-state index contributed by atoms with van der Waals surface area (Å²) in [5.41, 5.74) is 1.89. The SMILES string of the molecule is O/C=C/OOOCCOCc1cccc(COCCOOO/C=C/O)c1Br. The van der Waals surface area contributed by atoms with Crippen molar-refractivity contribution >= 4 is 15.9 Å². The number of benzene rings is 1. The van der Waals surface area contributed by atoms with Crippen molar-refractivity contribution in [1.82, 2.24) is 0 Å². The van der Waals surface area contributed by atoms with Crippen LogP contribution in [0.25, 0.3) is 0 Å². The second kappa shape index (κ2) is 16.3. The largest absolute Gasteiger partial charge is 0.512 e. The minimum atomic E-state index is 0.152. The molecule has 0 amide bonds. The number of hydrogen-bond acceptors (Lipinski definition) is 10. The maximum absolute atomic E-state index is 8.30. The van der Waals surface area contributed by atoms with Gasteiger partial charge in [0, 0.05) is 4.47 Å². The van der Waals surface area contributed by atoms with Gasteiger partial charge in [-0.25, -0.2) is 0 Å². The summed E-state index contributed by atoms with van der Waals surface area (Å²) < 4.78 is 11.8. The second-order valence-electron chi connectivity index (χ2n) is 4.54. The summed E-state index contributed by atoms with van der Waals surface area (Å²) >= 11 is 3.53. The highest BCUT2D eigenvalue weighted by Gasteiger charge is 2.06. The fourth-order valence-electron chi connectivity index (χ4n) is 1.62. The van der Waals surface area contributed by atoms with Gasteiger partial charge in [0.2, 0.25) is 0 Å². The molecule has 0 spiro atoms. The summed E-state index contributed by atoms with van der Waals surface area (Å²) in [6.45, 7) is 1.59. The number of halogens is 1. The van der Waals surface area contributed by atoms with Gasteiger partial charge in [0.1, 0.15) is 25.7 Å². The smallest absolute Gasteiger partial charge is 0.166 e. The first-order valence-corrected chi connectivity index (χ1v) is 8.49. The van der Waals surface area contributed by atoms with Gasteiger partial charge in [-0.05, 0) is 21.2 Å². The summed E-state index contributed by atoms with van der Waals surface area (Å²) in [6.07, 6.45) is 3.15. The molecular formula is C16H21BrO10. The van der Waals surface area contributed by atoms with E-state index in [4.69, 9.17) is 19.7 Å². The maximum atomic E-state index is 8.30. The van der Waals surface area contributed by atoms with Gasteiger partial charge >= 0.3 is 0 Å². The molecule has 0 atom stereocenters. The Balaban J connectivity index is 2.19. The Morgan fingerprint density at radius 2 is 1.26 bits per heavy atom. The Labute approximate surface area is 164 Å². The molecule has 0 aliphatic rings. The van der Waals surface area contributed by atoms with E-state index in [0.717, 1.165) is 28.1 Å². The van der Waals surface area contributed by atoms with Crippen LogP contribution in [0, 0.1) is 0 Å². The summed E-state index contributed by atoms with van der Waals surface area (Å²) in [7, 11) is 0. The lowest BCUT2D eigenvalue weighted by Gasteiger charge is -2.11. The first-order chi connectivity index (χ1) is 13.3. The zero-order chi connectivity index (χ0) is 19.6. The van der Waals surface area contributed by atoms with E-state index in [9.17, 15) is 0 Å². The summed E-state index contributed by atoms with van der Waals surface area (Å²) in [4.78, 5) is 17.9. The third kappa shape index (κ3) is 11.5. The lowest BCUT2D eigenvalue weighted by molar-refractivity contribution is -0.491. The van der Waals surface area contributed by atoms with Crippen molar-refractivity contribution in [2.24, 2.45) is 0 Å². The Hall–Kier alpha value is -1.86. The first kappa shape index (κ1) is 23.2. The Kier molecular flexibility index (Phi) is 14.0. The molecule has 0 saturated carbocycles. The topological polar surface area (TPSA) is 114 Å². The molecule has 1 aromatic carbocycles. The predicted molar refractivity (Wildman–Crippen MR) is 93.2 cm³/mol. The molecule has 0 saturated heterocycles. The zero-order valence-electron chi connectivity index (χ0n) is 14.3. The number of aliphatic hydroxyl groups is 2. The van der Waals surface area contributed by atoms with E-state index in [0.29, 0.717) is 25.7 Å². The third-order valence-corrected chi connectivity index (χ3v) is 3.72. The van der Waals surface area contributed by atoms with Crippen molar-refractivity contribution in [3.8, 4) is 0 Å². The van der Waals surface area contributed by atoms with Crippen LogP contribution in [0.1, 0.15) is 11.1 Å². The molecule has 0 aliphatic heterocycles. The van der Waals surface area contributed by atoms with E-state index in [2.05, 4.69) is 45.6 Å². The number of ether oxygens (including phenoxy) is 2. The van der Waals surface area contributed by atoms with Gasteiger partial charge in [-0.15, -0.1) is 0 Å². The van der Waals surface area contributed by atoms with E-state index in [1.54, 1.807) is 0 Å². The normalized spacial score (nSPS) is 11.4. The number of hydrogen-bond donors (Lipinski definition) is 2.